The molecule has 1 aromatic heterocycles. The number of nitrogens with one attached hydrogen (secondary N) is 2. The van der Waals surface area contributed by atoms with E-state index in [-0.39, 0.29) is 0 Å². The van der Waals surface area contributed by atoms with E-state index in [1.165, 1.54) is 0 Å². The second kappa shape index (κ2) is 8.80. The van der Waals surface area contributed by atoms with Crippen LogP contribution in [0.1, 0.15) is 41.0 Å². The third-order valence-electron chi connectivity index (χ3n) is 3.34. The van der Waals surface area contributed by atoms with Gasteiger partial charge in [0, 0.05) is 31.7 Å². The molecule has 1 rings (SSSR count). The molecule has 0 aromatic carbocycles. The Morgan fingerprint density at radius 2 is 1.55 bits per heavy atom. The maximum absolute atomic E-state index is 4.27. The number of aromatic nitrogens is 1. The largest absolute Gasteiger partial charge is 0.384 e. The summed E-state index contributed by atoms with van der Waals surface area (Å²) in [6.07, 6.45) is 4.87. The van der Waals surface area contributed by atoms with Crippen LogP contribution in [0.25, 0.3) is 0 Å². The van der Waals surface area contributed by atoms with E-state index in [1.54, 1.807) is 0 Å². The molecule has 0 spiro atoms. The third-order valence-corrected chi connectivity index (χ3v) is 3.34. The molecule has 4 nitrogen and oxygen atoms in total. The molecule has 114 valence electrons. The highest BCUT2D eigenvalue weighted by molar-refractivity contribution is 5.53. The van der Waals surface area contributed by atoms with Gasteiger partial charge in [-0.05, 0) is 40.2 Å². The molecular weight excluding hydrogens is 248 g/mol. The molecule has 0 fully saturated rings. The van der Waals surface area contributed by atoms with Gasteiger partial charge in [0.2, 0.25) is 0 Å². The first-order valence-corrected chi connectivity index (χ1v) is 7.73. The normalized spacial score (nSPS) is 11.4. The second-order valence-corrected chi connectivity index (χ2v) is 5.74. The number of pyridine rings is 1. The predicted octanol–water partition coefficient (Wildman–Crippen LogP) is 3.43. The van der Waals surface area contributed by atoms with Crippen molar-refractivity contribution in [2.24, 2.45) is 0 Å². The van der Waals surface area contributed by atoms with Crippen LogP contribution in [-0.4, -0.2) is 41.6 Å². The third kappa shape index (κ3) is 5.78. The number of nitrogens with zero attached hydrogens (tertiary/aromatic N) is 2. The van der Waals surface area contributed by atoms with Gasteiger partial charge in [0.25, 0.3) is 0 Å². The molecule has 20 heavy (non-hydrogen) atoms. The Hall–Kier alpha value is -1.29. The van der Waals surface area contributed by atoms with Gasteiger partial charge in [-0.15, -0.1) is 0 Å². The molecular formula is C16H30N4. The molecule has 0 bridgehead atoms. The molecule has 0 saturated heterocycles. The summed E-state index contributed by atoms with van der Waals surface area (Å²) in [5.74, 6) is 0. The molecule has 4 heteroatoms. The highest BCUT2D eigenvalue weighted by atomic mass is 15.2. The summed E-state index contributed by atoms with van der Waals surface area (Å²) in [6, 6.07) is 3.28. The molecule has 0 radical (unpaired) electrons. The standard InChI is InChI=1S/C16H30N4/c1-6-7-18-15-10-16(12-17-11-15)19-8-9-20(13(2)3)14(4)5/h10-14,18-19H,6-9H2,1-5H3. The fourth-order valence-electron chi connectivity index (χ4n) is 2.34. The molecule has 1 aromatic rings. The van der Waals surface area contributed by atoms with Crippen molar-refractivity contribution < 1.29 is 0 Å². The minimum Gasteiger partial charge on any atom is -0.384 e. The van der Waals surface area contributed by atoms with Crippen LogP contribution >= 0.6 is 0 Å². The van der Waals surface area contributed by atoms with Crippen molar-refractivity contribution in [3.8, 4) is 0 Å². The Kier molecular flexibility index (Phi) is 7.37. The molecule has 0 amide bonds. The minimum absolute atomic E-state index is 0.576. The van der Waals surface area contributed by atoms with E-state index in [0.717, 1.165) is 37.4 Å². The predicted molar refractivity (Wildman–Crippen MR) is 88.5 cm³/mol. The number of hydrogen-bond acceptors (Lipinski definition) is 4. The van der Waals surface area contributed by atoms with E-state index in [9.17, 15) is 0 Å². The number of rotatable bonds is 9. The van der Waals surface area contributed by atoms with Crippen LogP contribution in [0.5, 0.6) is 0 Å². The summed E-state index contributed by atoms with van der Waals surface area (Å²) in [6.45, 7) is 14.1. The van der Waals surface area contributed by atoms with Gasteiger partial charge in [0.15, 0.2) is 0 Å². The molecule has 0 aliphatic rings. The summed E-state index contributed by atoms with van der Waals surface area (Å²) < 4.78 is 0. The van der Waals surface area contributed by atoms with Crippen LogP contribution in [0.15, 0.2) is 18.5 Å². The lowest BCUT2D eigenvalue weighted by atomic mass is 10.2. The monoisotopic (exact) mass is 278 g/mol. The van der Waals surface area contributed by atoms with E-state index >= 15 is 0 Å². The molecule has 1 heterocycles. The first-order valence-electron chi connectivity index (χ1n) is 7.73. The van der Waals surface area contributed by atoms with Gasteiger partial charge in [-0.3, -0.25) is 9.88 Å². The lowest BCUT2D eigenvalue weighted by molar-refractivity contribution is 0.182. The van der Waals surface area contributed by atoms with Crippen LogP contribution < -0.4 is 10.6 Å². The summed E-state index contributed by atoms with van der Waals surface area (Å²) in [5, 5.41) is 6.81. The molecule has 0 saturated carbocycles. The molecule has 0 atom stereocenters. The minimum atomic E-state index is 0.576. The zero-order chi connectivity index (χ0) is 15.0. The highest BCUT2D eigenvalue weighted by Gasteiger charge is 2.12. The zero-order valence-corrected chi connectivity index (χ0v) is 13.6. The molecule has 0 aliphatic carbocycles. The average Bonchev–Trinajstić information content (AvgIpc) is 2.41. The number of hydrogen-bond donors (Lipinski definition) is 2. The fourth-order valence-corrected chi connectivity index (χ4v) is 2.34. The van der Waals surface area contributed by atoms with Crippen molar-refractivity contribution in [3.05, 3.63) is 18.5 Å². The van der Waals surface area contributed by atoms with Crippen molar-refractivity contribution in [2.45, 2.75) is 53.1 Å². The highest BCUT2D eigenvalue weighted by Crippen LogP contribution is 2.13. The Morgan fingerprint density at radius 3 is 2.05 bits per heavy atom. The zero-order valence-electron chi connectivity index (χ0n) is 13.6. The smallest absolute Gasteiger partial charge is 0.0547 e. The van der Waals surface area contributed by atoms with Gasteiger partial charge in [-0.2, -0.15) is 0 Å². The van der Waals surface area contributed by atoms with Gasteiger partial charge < -0.3 is 10.6 Å². The lowest BCUT2D eigenvalue weighted by Crippen LogP contribution is -2.40. The number of anilines is 2. The topological polar surface area (TPSA) is 40.2 Å². The van der Waals surface area contributed by atoms with Gasteiger partial charge >= 0.3 is 0 Å². The first kappa shape index (κ1) is 16.8. The summed E-state index contributed by atoms with van der Waals surface area (Å²) in [5.41, 5.74) is 2.17. The van der Waals surface area contributed by atoms with E-state index < -0.39 is 0 Å². The van der Waals surface area contributed by atoms with Gasteiger partial charge in [0.1, 0.15) is 0 Å². The fraction of sp³-hybridized carbons (Fsp3) is 0.688. The Morgan fingerprint density at radius 1 is 1.00 bits per heavy atom. The van der Waals surface area contributed by atoms with Gasteiger partial charge in [0.05, 0.1) is 23.8 Å². The Labute approximate surface area is 124 Å². The van der Waals surface area contributed by atoms with Crippen molar-refractivity contribution in [2.75, 3.05) is 30.3 Å². The van der Waals surface area contributed by atoms with Crippen molar-refractivity contribution in [3.63, 3.8) is 0 Å². The molecule has 0 aliphatic heterocycles. The molecule has 0 unspecified atom stereocenters. The van der Waals surface area contributed by atoms with Crippen molar-refractivity contribution in [1.29, 1.82) is 0 Å². The van der Waals surface area contributed by atoms with Gasteiger partial charge in [-0.25, -0.2) is 0 Å². The lowest BCUT2D eigenvalue weighted by Gasteiger charge is -2.30. The second-order valence-electron chi connectivity index (χ2n) is 5.74. The van der Waals surface area contributed by atoms with E-state index in [1.807, 2.05) is 12.4 Å². The van der Waals surface area contributed by atoms with Crippen molar-refractivity contribution in [1.82, 2.24) is 9.88 Å². The van der Waals surface area contributed by atoms with Crippen LogP contribution in [0.3, 0.4) is 0 Å². The average molecular weight is 278 g/mol. The summed E-state index contributed by atoms with van der Waals surface area (Å²) >= 11 is 0. The maximum atomic E-state index is 4.27. The Balaban J connectivity index is 2.45. The van der Waals surface area contributed by atoms with Crippen molar-refractivity contribution >= 4 is 11.4 Å². The van der Waals surface area contributed by atoms with Crippen LogP contribution in [0.2, 0.25) is 0 Å². The molecule has 2 N–H and O–H groups in total. The van der Waals surface area contributed by atoms with E-state index in [0.29, 0.717) is 12.1 Å². The van der Waals surface area contributed by atoms with Crippen LogP contribution in [0.4, 0.5) is 11.4 Å². The SMILES string of the molecule is CCCNc1cncc(NCCN(C(C)C)C(C)C)c1. The van der Waals surface area contributed by atoms with Crippen LogP contribution in [0, 0.1) is 0 Å². The quantitative estimate of drug-likeness (QED) is 0.726. The van der Waals surface area contributed by atoms with Crippen LogP contribution in [-0.2, 0) is 0 Å². The van der Waals surface area contributed by atoms with Gasteiger partial charge in [-0.1, -0.05) is 6.92 Å². The summed E-state index contributed by atoms with van der Waals surface area (Å²) in [4.78, 5) is 6.75. The Bertz CT molecular complexity index is 368. The summed E-state index contributed by atoms with van der Waals surface area (Å²) in [7, 11) is 0. The first-order chi connectivity index (χ1) is 9.54. The maximum Gasteiger partial charge on any atom is 0.0547 e. The van der Waals surface area contributed by atoms with E-state index in [2.05, 4.69) is 61.2 Å². The van der Waals surface area contributed by atoms with E-state index in [4.69, 9.17) is 0 Å².